The first-order valence-electron chi connectivity index (χ1n) is 7.80. The molecule has 0 heterocycles. The lowest BCUT2D eigenvalue weighted by molar-refractivity contribution is -0.383. The third-order valence-corrected chi connectivity index (χ3v) is 3.97. The number of hydrogen-bond acceptors (Lipinski definition) is 5. The fraction of sp³-hybridized carbons (Fsp3) is 0.278. The number of benzene rings is 2. The Hall–Kier alpha value is -2.93. The van der Waals surface area contributed by atoms with Gasteiger partial charge in [0.25, 0.3) is 5.69 Å². The smallest absolute Gasteiger partial charge is 0.292 e. The number of anilines is 1. The molecule has 0 radical (unpaired) electrons. The monoisotopic (exact) mass is 343 g/mol. The highest BCUT2D eigenvalue weighted by Crippen LogP contribution is 2.23. The molecule has 0 unspecified atom stereocenters. The van der Waals surface area contributed by atoms with Crippen molar-refractivity contribution in [2.75, 3.05) is 19.5 Å². The standard InChI is InChI=1S/C18H21N3O4/c1-13(20(2)12-14-7-6-8-15(11-14)25-3)18(22)19-16-9-4-5-10-17(16)21(23)24/h4-11,13H,12H2,1-3H3,(H,19,22)/t13-/m1/s1. The molecule has 0 aliphatic heterocycles. The highest BCUT2D eigenvalue weighted by atomic mass is 16.6. The Morgan fingerprint density at radius 3 is 2.68 bits per heavy atom. The second kappa shape index (κ2) is 8.25. The van der Waals surface area contributed by atoms with Crippen molar-refractivity contribution in [2.24, 2.45) is 0 Å². The van der Waals surface area contributed by atoms with Crippen LogP contribution in [0.5, 0.6) is 5.75 Å². The molecule has 0 bridgehead atoms. The summed E-state index contributed by atoms with van der Waals surface area (Å²) < 4.78 is 5.20. The van der Waals surface area contributed by atoms with Crippen molar-refractivity contribution in [3.63, 3.8) is 0 Å². The van der Waals surface area contributed by atoms with Crippen LogP contribution in [0.1, 0.15) is 12.5 Å². The summed E-state index contributed by atoms with van der Waals surface area (Å²) in [5, 5.41) is 13.7. The molecule has 1 atom stereocenters. The van der Waals surface area contributed by atoms with Crippen LogP contribution in [0.3, 0.4) is 0 Å². The van der Waals surface area contributed by atoms with Gasteiger partial charge in [-0.25, -0.2) is 0 Å². The van der Waals surface area contributed by atoms with Crippen LogP contribution in [0, 0.1) is 10.1 Å². The van der Waals surface area contributed by atoms with Gasteiger partial charge in [0.15, 0.2) is 0 Å². The summed E-state index contributed by atoms with van der Waals surface area (Å²) in [4.78, 5) is 24.8. The molecule has 0 saturated heterocycles. The van der Waals surface area contributed by atoms with Gasteiger partial charge in [0.2, 0.25) is 5.91 Å². The Morgan fingerprint density at radius 1 is 1.28 bits per heavy atom. The van der Waals surface area contributed by atoms with Crippen LogP contribution in [0.25, 0.3) is 0 Å². The Kier molecular flexibility index (Phi) is 6.08. The number of amides is 1. The predicted molar refractivity (Wildman–Crippen MR) is 95.6 cm³/mol. The second-order valence-electron chi connectivity index (χ2n) is 5.71. The number of methoxy groups -OCH3 is 1. The molecular weight excluding hydrogens is 322 g/mol. The number of rotatable bonds is 7. The van der Waals surface area contributed by atoms with Crippen molar-refractivity contribution in [1.82, 2.24) is 4.90 Å². The van der Waals surface area contributed by atoms with Gasteiger partial charge in [0, 0.05) is 12.6 Å². The van der Waals surface area contributed by atoms with Gasteiger partial charge in [-0.1, -0.05) is 24.3 Å². The third kappa shape index (κ3) is 4.77. The van der Waals surface area contributed by atoms with E-state index in [1.54, 1.807) is 26.2 Å². The molecule has 0 aliphatic rings. The van der Waals surface area contributed by atoms with E-state index in [0.717, 1.165) is 11.3 Å². The van der Waals surface area contributed by atoms with E-state index in [1.807, 2.05) is 36.2 Å². The van der Waals surface area contributed by atoms with E-state index < -0.39 is 11.0 Å². The molecule has 1 N–H and O–H groups in total. The van der Waals surface area contributed by atoms with Crippen LogP contribution in [-0.2, 0) is 11.3 Å². The van der Waals surface area contributed by atoms with Crippen LogP contribution < -0.4 is 10.1 Å². The van der Waals surface area contributed by atoms with Crippen LogP contribution >= 0.6 is 0 Å². The number of ether oxygens (including phenoxy) is 1. The molecular formula is C18H21N3O4. The summed E-state index contributed by atoms with van der Waals surface area (Å²) in [7, 11) is 3.43. The molecule has 2 aromatic carbocycles. The number of likely N-dealkylation sites (N-methyl/N-ethyl adjacent to an activating group) is 1. The van der Waals surface area contributed by atoms with Gasteiger partial charge in [0.05, 0.1) is 18.1 Å². The number of carbonyl (C=O) groups excluding carboxylic acids is 1. The Bertz CT molecular complexity index is 763. The zero-order valence-corrected chi connectivity index (χ0v) is 14.4. The van der Waals surface area contributed by atoms with Gasteiger partial charge in [-0.3, -0.25) is 19.8 Å². The van der Waals surface area contributed by atoms with Crippen LogP contribution in [0.4, 0.5) is 11.4 Å². The number of nitro groups is 1. The van der Waals surface area contributed by atoms with Gasteiger partial charge < -0.3 is 10.1 Å². The van der Waals surface area contributed by atoms with Crippen molar-refractivity contribution in [3.8, 4) is 5.75 Å². The average Bonchev–Trinajstić information content (AvgIpc) is 2.61. The highest BCUT2D eigenvalue weighted by Gasteiger charge is 2.21. The maximum absolute atomic E-state index is 12.4. The first-order valence-corrected chi connectivity index (χ1v) is 7.80. The van der Waals surface area contributed by atoms with Crippen molar-refractivity contribution in [2.45, 2.75) is 19.5 Å². The minimum atomic E-state index is -0.514. The van der Waals surface area contributed by atoms with E-state index in [2.05, 4.69) is 5.32 Å². The fourth-order valence-electron chi connectivity index (χ4n) is 2.37. The zero-order valence-electron chi connectivity index (χ0n) is 14.4. The number of para-hydroxylation sites is 2. The lowest BCUT2D eigenvalue weighted by Gasteiger charge is -2.24. The number of hydrogen-bond donors (Lipinski definition) is 1. The maximum Gasteiger partial charge on any atom is 0.292 e. The highest BCUT2D eigenvalue weighted by molar-refractivity contribution is 5.96. The summed E-state index contributed by atoms with van der Waals surface area (Å²) >= 11 is 0. The predicted octanol–water partition coefficient (Wildman–Crippen LogP) is 3.06. The zero-order chi connectivity index (χ0) is 18.4. The van der Waals surface area contributed by atoms with E-state index in [-0.39, 0.29) is 17.3 Å². The number of nitrogens with zero attached hydrogens (tertiary/aromatic N) is 2. The van der Waals surface area contributed by atoms with Crippen LogP contribution in [0.15, 0.2) is 48.5 Å². The Balaban J connectivity index is 2.05. The van der Waals surface area contributed by atoms with E-state index in [1.165, 1.54) is 12.1 Å². The molecule has 0 aromatic heterocycles. The molecule has 7 heteroatoms. The quantitative estimate of drug-likeness (QED) is 0.617. The molecule has 0 fully saturated rings. The third-order valence-electron chi connectivity index (χ3n) is 3.97. The topological polar surface area (TPSA) is 84.7 Å². The second-order valence-corrected chi connectivity index (χ2v) is 5.71. The number of nitrogens with one attached hydrogen (secondary N) is 1. The normalized spacial score (nSPS) is 11.8. The van der Waals surface area contributed by atoms with Crippen molar-refractivity contribution in [1.29, 1.82) is 0 Å². The minimum Gasteiger partial charge on any atom is -0.497 e. The summed E-state index contributed by atoms with van der Waals surface area (Å²) in [6.45, 7) is 2.30. The van der Waals surface area contributed by atoms with Crippen LogP contribution in [0.2, 0.25) is 0 Å². The van der Waals surface area contributed by atoms with E-state index in [4.69, 9.17) is 4.74 Å². The average molecular weight is 343 g/mol. The Labute approximate surface area is 146 Å². The molecule has 2 rings (SSSR count). The number of carbonyl (C=O) groups is 1. The van der Waals surface area contributed by atoms with Gasteiger partial charge in [0.1, 0.15) is 11.4 Å². The molecule has 25 heavy (non-hydrogen) atoms. The van der Waals surface area contributed by atoms with Crippen LogP contribution in [-0.4, -0.2) is 35.9 Å². The van der Waals surface area contributed by atoms with E-state index in [9.17, 15) is 14.9 Å². The lowest BCUT2D eigenvalue weighted by Crippen LogP contribution is -2.39. The first kappa shape index (κ1) is 18.4. The molecule has 2 aromatic rings. The Morgan fingerprint density at radius 2 is 2.00 bits per heavy atom. The molecule has 0 aliphatic carbocycles. The number of nitro benzene ring substituents is 1. The van der Waals surface area contributed by atoms with Crippen molar-refractivity contribution >= 4 is 17.3 Å². The summed E-state index contributed by atoms with van der Waals surface area (Å²) in [6.07, 6.45) is 0. The van der Waals surface area contributed by atoms with Gasteiger partial charge in [-0.05, 0) is 37.7 Å². The summed E-state index contributed by atoms with van der Waals surface area (Å²) in [6, 6.07) is 13.2. The van der Waals surface area contributed by atoms with E-state index >= 15 is 0 Å². The molecule has 0 spiro atoms. The largest absolute Gasteiger partial charge is 0.497 e. The van der Waals surface area contributed by atoms with Crippen molar-refractivity contribution < 1.29 is 14.5 Å². The molecule has 1 amide bonds. The van der Waals surface area contributed by atoms with E-state index in [0.29, 0.717) is 6.54 Å². The molecule has 0 saturated carbocycles. The van der Waals surface area contributed by atoms with Crippen molar-refractivity contribution in [3.05, 3.63) is 64.2 Å². The first-order chi connectivity index (χ1) is 11.9. The molecule has 7 nitrogen and oxygen atoms in total. The van der Waals surface area contributed by atoms with Gasteiger partial charge in [-0.15, -0.1) is 0 Å². The fourth-order valence-corrected chi connectivity index (χ4v) is 2.37. The van der Waals surface area contributed by atoms with Gasteiger partial charge >= 0.3 is 0 Å². The SMILES string of the molecule is COc1cccc(CN(C)[C@H](C)C(=O)Nc2ccccc2[N+](=O)[O-])c1. The molecule has 132 valence electrons. The maximum atomic E-state index is 12.4. The summed E-state index contributed by atoms with van der Waals surface area (Å²) in [5.41, 5.74) is 1.07. The summed E-state index contributed by atoms with van der Waals surface area (Å²) in [5.74, 6) is 0.447. The van der Waals surface area contributed by atoms with Gasteiger partial charge in [-0.2, -0.15) is 0 Å². The minimum absolute atomic E-state index is 0.126. The lowest BCUT2D eigenvalue weighted by atomic mass is 10.1.